The maximum absolute atomic E-state index is 12.8. The molecule has 3 rings (SSSR count). The predicted molar refractivity (Wildman–Crippen MR) is 114 cm³/mol. The second-order valence-electron chi connectivity index (χ2n) is 6.89. The number of urea groups is 1. The van der Waals surface area contributed by atoms with Crippen LogP contribution in [0.15, 0.2) is 29.7 Å². The molecular formula is C21H26N3O5S+. The predicted octanol–water partition coefficient (Wildman–Crippen LogP) is 1.82. The molecule has 0 spiro atoms. The maximum Gasteiger partial charge on any atom is 0.501 e. The summed E-state index contributed by atoms with van der Waals surface area (Å²) in [5, 5.41) is 4.19. The Morgan fingerprint density at radius 2 is 2.00 bits per heavy atom. The van der Waals surface area contributed by atoms with Gasteiger partial charge in [-0.2, -0.15) is 14.3 Å². The number of hydrogen-bond acceptors (Lipinski definition) is 6. The highest BCUT2D eigenvalue weighted by Crippen LogP contribution is 2.28. The minimum Gasteiger partial charge on any atom is -0.493 e. The lowest BCUT2D eigenvalue weighted by atomic mass is 10.1. The number of nitrogens with one attached hydrogen (secondary N) is 1. The van der Waals surface area contributed by atoms with Crippen molar-refractivity contribution in [3.8, 4) is 11.5 Å². The molecule has 0 saturated heterocycles. The van der Waals surface area contributed by atoms with Gasteiger partial charge in [0.05, 0.1) is 20.8 Å². The largest absolute Gasteiger partial charge is 0.501 e. The SMILES string of the molecule is CCCN1C(=O)C2SC=CC2=[N+](CC(=O)NCCc2ccc(OC)c(OC)c2)C1=O. The van der Waals surface area contributed by atoms with Gasteiger partial charge in [0.2, 0.25) is 0 Å². The van der Waals surface area contributed by atoms with Gasteiger partial charge >= 0.3 is 11.9 Å². The molecule has 4 amide bonds. The molecule has 0 aromatic heterocycles. The van der Waals surface area contributed by atoms with Crippen molar-refractivity contribution in [3.05, 3.63) is 35.2 Å². The highest BCUT2D eigenvalue weighted by Gasteiger charge is 2.48. The second-order valence-corrected chi connectivity index (χ2v) is 7.91. The third-order valence-corrected chi connectivity index (χ3v) is 5.93. The summed E-state index contributed by atoms with van der Waals surface area (Å²) in [6, 6.07) is 5.17. The average Bonchev–Trinajstić information content (AvgIpc) is 3.24. The van der Waals surface area contributed by atoms with E-state index in [-0.39, 0.29) is 18.4 Å². The minimum atomic E-state index is -0.450. The molecule has 0 aliphatic carbocycles. The van der Waals surface area contributed by atoms with Crippen LogP contribution < -0.4 is 14.8 Å². The number of nitrogens with zero attached hydrogens (tertiary/aromatic N) is 2. The quantitative estimate of drug-likeness (QED) is 0.599. The second kappa shape index (κ2) is 9.80. The monoisotopic (exact) mass is 432 g/mol. The van der Waals surface area contributed by atoms with Crippen molar-refractivity contribution in [2.45, 2.75) is 25.0 Å². The molecular weight excluding hydrogens is 406 g/mol. The summed E-state index contributed by atoms with van der Waals surface area (Å²) >= 11 is 1.36. The van der Waals surface area contributed by atoms with Gasteiger partial charge in [-0.05, 0) is 42.0 Å². The lowest BCUT2D eigenvalue weighted by molar-refractivity contribution is -0.426. The van der Waals surface area contributed by atoms with Crippen LogP contribution in [0.2, 0.25) is 0 Å². The fourth-order valence-corrected chi connectivity index (χ4v) is 4.39. The lowest BCUT2D eigenvalue weighted by Crippen LogP contribution is -2.56. The minimum absolute atomic E-state index is 0.116. The number of hydrogen-bond donors (Lipinski definition) is 1. The van der Waals surface area contributed by atoms with Gasteiger partial charge in [0.25, 0.3) is 5.91 Å². The maximum atomic E-state index is 12.8. The van der Waals surface area contributed by atoms with Gasteiger partial charge in [0.1, 0.15) is 5.71 Å². The summed E-state index contributed by atoms with van der Waals surface area (Å²) in [4.78, 5) is 39.1. The number of benzene rings is 1. The van der Waals surface area contributed by atoms with Crippen LogP contribution in [0.5, 0.6) is 11.5 Å². The van der Waals surface area contributed by atoms with E-state index in [1.165, 1.54) is 21.2 Å². The molecule has 0 saturated carbocycles. The number of ether oxygens (including phenoxy) is 2. The van der Waals surface area contributed by atoms with Crippen molar-refractivity contribution < 1.29 is 28.4 Å². The summed E-state index contributed by atoms with van der Waals surface area (Å²) in [6.45, 7) is 2.55. The van der Waals surface area contributed by atoms with Crippen LogP contribution in [0.3, 0.4) is 0 Å². The highest BCUT2D eigenvalue weighted by atomic mass is 32.2. The number of methoxy groups -OCH3 is 2. The van der Waals surface area contributed by atoms with Crippen LogP contribution in [-0.4, -0.2) is 72.1 Å². The normalized spacial score (nSPS) is 18.0. The van der Waals surface area contributed by atoms with E-state index in [9.17, 15) is 14.4 Å². The lowest BCUT2D eigenvalue weighted by Gasteiger charge is -2.23. The number of carbonyl (C=O) groups excluding carboxylic acids is 3. The standard InChI is InChI=1S/C21H25N3O5S/c1-4-10-23-20(26)19-15(8-11-30-19)24(21(23)27)13-18(25)22-9-7-14-5-6-16(28-2)17(12-14)29-3/h5-6,8,11-12,19H,4,7,9-10,13H2,1-3H3/p+1. The van der Waals surface area contributed by atoms with Crippen molar-refractivity contribution in [1.82, 2.24) is 10.2 Å². The molecule has 0 bridgehead atoms. The zero-order valence-electron chi connectivity index (χ0n) is 17.3. The molecule has 9 heteroatoms. The van der Waals surface area contributed by atoms with Crippen molar-refractivity contribution in [3.63, 3.8) is 0 Å². The van der Waals surface area contributed by atoms with Crippen LogP contribution in [0.1, 0.15) is 18.9 Å². The Balaban J connectivity index is 1.62. The van der Waals surface area contributed by atoms with Crippen LogP contribution in [0.4, 0.5) is 4.79 Å². The number of carbonyl (C=O) groups is 3. The topological polar surface area (TPSA) is 88.0 Å². The van der Waals surface area contributed by atoms with Crippen molar-refractivity contribution >= 4 is 35.3 Å². The number of rotatable bonds is 9. The third-order valence-electron chi connectivity index (χ3n) is 4.92. The first-order valence-corrected chi connectivity index (χ1v) is 10.7. The molecule has 1 aromatic carbocycles. The van der Waals surface area contributed by atoms with Crippen molar-refractivity contribution in [2.75, 3.05) is 33.9 Å². The molecule has 8 nitrogen and oxygen atoms in total. The smallest absolute Gasteiger partial charge is 0.493 e. The van der Waals surface area contributed by atoms with E-state index in [1.54, 1.807) is 25.7 Å². The Kier molecular flexibility index (Phi) is 7.15. The van der Waals surface area contributed by atoms with E-state index in [4.69, 9.17) is 9.47 Å². The molecule has 2 aliphatic rings. The van der Waals surface area contributed by atoms with Crippen LogP contribution in [-0.2, 0) is 16.0 Å². The Bertz CT molecular complexity index is 912. The number of fused-ring (bicyclic) bond motifs is 1. The Morgan fingerprint density at radius 1 is 1.23 bits per heavy atom. The van der Waals surface area contributed by atoms with E-state index in [1.807, 2.05) is 25.1 Å². The van der Waals surface area contributed by atoms with Gasteiger partial charge in [-0.1, -0.05) is 13.0 Å². The van der Waals surface area contributed by atoms with Gasteiger partial charge in [-0.25, -0.2) is 4.79 Å². The molecule has 160 valence electrons. The number of thioether (sulfide) groups is 1. The summed E-state index contributed by atoms with van der Waals surface area (Å²) in [6.07, 6.45) is 3.02. The van der Waals surface area contributed by atoms with Crippen LogP contribution in [0.25, 0.3) is 0 Å². The molecule has 1 atom stereocenters. The molecule has 1 N–H and O–H groups in total. The highest BCUT2D eigenvalue weighted by molar-refractivity contribution is 8.04. The van der Waals surface area contributed by atoms with Gasteiger partial charge in [-0.3, -0.25) is 4.79 Å². The third kappa shape index (κ3) is 4.51. The van der Waals surface area contributed by atoms with Crippen LogP contribution in [0, 0.1) is 0 Å². The summed E-state index contributed by atoms with van der Waals surface area (Å²) in [5.41, 5.74) is 1.57. The zero-order chi connectivity index (χ0) is 21.7. The summed E-state index contributed by atoms with van der Waals surface area (Å²) < 4.78 is 11.9. The fourth-order valence-electron chi connectivity index (χ4n) is 3.42. The van der Waals surface area contributed by atoms with E-state index < -0.39 is 11.3 Å². The number of imide groups is 1. The van der Waals surface area contributed by atoms with E-state index in [0.717, 1.165) is 5.56 Å². The first-order valence-electron chi connectivity index (χ1n) is 9.79. The first-order chi connectivity index (χ1) is 14.5. The molecule has 1 unspecified atom stereocenters. The van der Waals surface area contributed by atoms with E-state index in [2.05, 4.69) is 5.32 Å². The molecule has 1 aromatic rings. The molecule has 30 heavy (non-hydrogen) atoms. The Labute approximate surface area is 179 Å². The number of allylic oxidation sites excluding steroid dienone is 1. The zero-order valence-corrected chi connectivity index (χ0v) is 18.2. The number of amides is 4. The Hall–Kier alpha value is -2.81. The first kappa shape index (κ1) is 21.9. The van der Waals surface area contributed by atoms with Gasteiger partial charge in [0, 0.05) is 6.54 Å². The van der Waals surface area contributed by atoms with E-state index >= 15 is 0 Å². The molecule has 2 heterocycles. The molecule has 0 radical (unpaired) electrons. The molecule has 2 aliphatic heterocycles. The van der Waals surface area contributed by atoms with E-state index in [0.29, 0.717) is 43.1 Å². The Morgan fingerprint density at radius 3 is 2.70 bits per heavy atom. The van der Waals surface area contributed by atoms with Crippen LogP contribution >= 0.6 is 11.8 Å². The van der Waals surface area contributed by atoms with Gasteiger partial charge in [-0.15, -0.1) is 11.8 Å². The van der Waals surface area contributed by atoms with Crippen molar-refractivity contribution in [2.24, 2.45) is 0 Å². The van der Waals surface area contributed by atoms with Gasteiger partial charge < -0.3 is 14.8 Å². The average molecular weight is 433 g/mol. The van der Waals surface area contributed by atoms with Gasteiger partial charge in [0.15, 0.2) is 23.3 Å². The summed E-state index contributed by atoms with van der Waals surface area (Å²) in [7, 11) is 3.15. The summed E-state index contributed by atoms with van der Waals surface area (Å²) in [5.74, 6) is 0.797. The fraction of sp³-hybridized carbons (Fsp3) is 0.429. The van der Waals surface area contributed by atoms with Crippen molar-refractivity contribution in [1.29, 1.82) is 0 Å². The molecule has 0 fully saturated rings.